The summed E-state index contributed by atoms with van der Waals surface area (Å²) in [6.07, 6.45) is -2.77. The van der Waals surface area contributed by atoms with Crippen LogP contribution in [0.5, 0.6) is 0 Å². The van der Waals surface area contributed by atoms with Crippen molar-refractivity contribution in [2.45, 2.75) is 24.5 Å². The summed E-state index contributed by atoms with van der Waals surface area (Å²) in [7, 11) is 0. The maximum Gasteiger partial charge on any atom is 0.262 e. The van der Waals surface area contributed by atoms with Crippen LogP contribution in [0, 0.1) is 3.57 Å². The van der Waals surface area contributed by atoms with Gasteiger partial charge in [-0.15, -0.1) is 0 Å². The third-order valence-electron chi connectivity index (χ3n) is 3.45. The number of halogens is 1. The molecule has 0 aliphatic carbocycles. The maximum atomic E-state index is 11.9. The predicted octanol–water partition coefficient (Wildman–Crippen LogP) is -1.48. The van der Waals surface area contributed by atoms with Gasteiger partial charge in [-0.2, -0.15) is 4.98 Å². The lowest BCUT2D eigenvalue weighted by atomic mass is 10.1. The SMILES string of the molecule is Nc1nc2c(c(I)cn2[C@@H]2O[C@H](CO)[C@@H](O)[C@H]2O)c(=O)[nH]1. The molecule has 1 aliphatic rings. The lowest BCUT2D eigenvalue weighted by Gasteiger charge is -2.17. The molecule has 2 aromatic rings. The number of rotatable bonds is 2. The number of fused-ring (bicyclic) bond motifs is 1. The fourth-order valence-electron chi connectivity index (χ4n) is 2.43. The molecule has 0 bridgehead atoms. The second kappa shape index (κ2) is 5.21. The van der Waals surface area contributed by atoms with E-state index in [2.05, 4.69) is 9.97 Å². The molecule has 3 rings (SSSR count). The molecule has 0 saturated carbocycles. The molecule has 1 fully saturated rings. The van der Waals surface area contributed by atoms with Crippen molar-refractivity contribution in [3.05, 3.63) is 20.1 Å². The minimum absolute atomic E-state index is 0.0602. The number of nitrogens with one attached hydrogen (secondary N) is 1. The lowest BCUT2D eigenvalue weighted by Crippen LogP contribution is -2.33. The quantitative estimate of drug-likeness (QED) is 0.381. The van der Waals surface area contributed by atoms with Gasteiger partial charge in [0, 0.05) is 9.77 Å². The van der Waals surface area contributed by atoms with Gasteiger partial charge in [0.1, 0.15) is 18.3 Å². The van der Waals surface area contributed by atoms with Crippen molar-refractivity contribution in [2.75, 3.05) is 12.3 Å². The number of anilines is 1. The van der Waals surface area contributed by atoms with Gasteiger partial charge in [-0.1, -0.05) is 0 Å². The van der Waals surface area contributed by atoms with Crippen LogP contribution < -0.4 is 11.3 Å². The van der Waals surface area contributed by atoms with Crippen LogP contribution >= 0.6 is 22.6 Å². The molecule has 1 aliphatic heterocycles. The highest BCUT2D eigenvalue weighted by molar-refractivity contribution is 14.1. The second-order valence-electron chi connectivity index (χ2n) is 4.76. The summed E-state index contributed by atoms with van der Waals surface area (Å²) in [5.41, 5.74) is 5.39. The van der Waals surface area contributed by atoms with E-state index in [9.17, 15) is 15.0 Å². The van der Waals surface area contributed by atoms with Crippen LogP contribution in [0.1, 0.15) is 6.23 Å². The molecule has 21 heavy (non-hydrogen) atoms. The van der Waals surface area contributed by atoms with Crippen molar-refractivity contribution in [1.29, 1.82) is 0 Å². The highest BCUT2D eigenvalue weighted by Gasteiger charge is 2.44. The minimum Gasteiger partial charge on any atom is -0.394 e. The van der Waals surface area contributed by atoms with Crippen molar-refractivity contribution in [1.82, 2.24) is 14.5 Å². The number of aliphatic hydroxyl groups is 3. The number of nitrogens with two attached hydrogens (primary N) is 1. The number of H-pyrrole nitrogens is 1. The molecule has 4 atom stereocenters. The fourth-order valence-corrected chi connectivity index (χ4v) is 3.22. The van der Waals surface area contributed by atoms with Crippen LogP contribution in [0.15, 0.2) is 11.0 Å². The normalized spacial score (nSPS) is 29.3. The number of aromatic nitrogens is 3. The highest BCUT2D eigenvalue weighted by atomic mass is 127. The Hall–Kier alpha value is -1.21. The molecule has 0 unspecified atom stereocenters. The summed E-state index contributed by atoms with van der Waals surface area (Å²) >= 11 is 1.96. The summed E-state index contributed by atoms with van der Waals surface area (Å²) in [6.45, 7) is -0.429. The van der Waals surface area contributed by atoms with Gasteiger partial charge in [0.25, 0.3) is 5.56 Å². The number of nitrogen functional groups attached to an aromatic ring is 1. The van der Waals surface area contributed by atoms with Crippen LogP contribution in [0.4, 0.5) is 5.95 Å². The highest BCUT2D eigenvalue weighted by Crippen LogP contribution is 2.32. The maximum absolute atomic E-state index is 11.9. The Morgan fingerprint density at radius 2 is 2.19 bits per heavy atom. The average Bonchev–Trinajstić information content (AvgIpc) is 2.89. The summed E-state index contributed by atoms with van der Waals surface area (Å²) < 4.78 is 7.48. The summed E-state index contributed by atoms with van der Waals surface area (Å²) in [4.78, 5) is 18.4. The van der Waals surface area contributed by atoms with E-state index in [-0.39, 0.29) is 11.6 Å². The van der Waals surface area contributed by atoms with Gasteiger partial charge in [0.15, 0.2) is 11.9 Å². The van der Waals surface area contributed by atoms with Crippen LogP contribution in [0.25, 0.3) is 11.0 Å². The molecule has 9 nitrogen and oxygen atoms in total. The van der Waals surface area contributed by atoms with E-state index >= 15 is 0 Å². The van der Waals surface area contributed by atoms with E-state index in [0.29, 0.717) is 8.96 Å². The van der Waals surface area contributed by atoms with Crippen LogP contribution in [-0.2, 0) is 4.74 Å². The third kappa shape index (κ3) is 2.23. The molecule has 10 heteroatoms. The molecule has 1 saturated heterocycles. The van der Waals surface area contributed by atoms with Crippen LogP contribution in [0.2, 0.25) is 0 Å². The van der Waals surface area contributed by atoms with Gasteiger partial charge in [0.2, 0.25) is 5.95 Å². The topological polar surface area (TPSA) is 147 Å². The molecule has 0 spiro atoms. The summed E-state index contributed by atoms with van der Waals surface area (Å²) in [5, 5.41) is 29.3. The molecule has 0 aromatic carbocycles. The van der Waals surface area contributed by atoms with Gasteiger partial charge in [-0.25, -0.2) is 0 Å². The fraction of sp³-hybridized carbons (Fsp3) is 0.455. The molecule has 0 radical (unpaired) electrons. The Kier molecular flexibility index (Phi) is 3.65. The zero-order valence-corrected chi connectivity index (χ0v) is 12.8. The Balaban J connectivity index is 2.16. The predicted molar refractivity (Wildman–Crippen MR) is 80.5 cm³/mol. The van der Waals surface area contributed by atoms with Gasteiger partial charge >= 0.3 is 0 Å². The van der Waals surface area contributed by atoms with Gasteiger partial charge in [-0.05, 0) is 22.6 Å². The largest absolute Gasteiger partial charge is 0.394 e. The first-order chi connectivity index (χ1) is 9.93. The van der Waals surface area contributed by atoms with E-state index < -0.39 is 36.7 Å². The summed E-state index contributed by atoms with van der Waals surface area (Å²) in [6, 6.07) is 0. The van der Waals surface area contributed by atoms with Crippen molar-refractivity contribution >= 4 is 39.6 Å². The number of nitrogens with zero attached hydrogens (tertiary/aromatic N) is 2. The van der Waals surface area contributed by atoms with Gasteiger partial charge in [0.05, 0.1) is 12.0 Å². The zero-order valence-electron chi connectivity index (χ0n) is 10.6. The Labute approximate surface area is 131 Å². The zero-order chi connectivity index (χ0) is 15.3. The molecular weight excluding hydrogens is 395 g/mol. The van der Waals surface area contributed by atoms with Crippen molar-refractivity contribution < 1.29 is 20.1 Å². The van der Waals surface area contributed by atoms with E-state index in [0.717, 1.165) is 0 Å². The van der Waals surface area contributed by atoms with Gasteiger partial charge < -0.3 is 30.4 Å². The molecule has 2 aromatic heterocycles. The number of hydrogen-bond acceptors (Lipinski definition) is 7. The van der Waals surface area contributed by atoms with E-state index in [1.807, 2.05) is 22.6 Å². The molecule has 6 N–H and O–H groups in total. The third-order valence-corrected chi connectivity index (χ3v) is 4.26. The first-order valence-corrected chi connectivity index (χ1v) is 7.20. The van der Waals surface area contributed by atoms with Gasteiger partial charge in [-0.3, -0.25) is 9.78 Å². The van der Waals surface area contributed by atoms with E-state index in [4.69, 9.17) is 15.6 Å². The Bertz CT molecular complexity index is 744. The second-order valence-corrected chi connectivity index (χ2v) is 5.93. The molecule has 3 heterocycles. The van der Waals surface area contributed by atoms with Crippen molar-refractivity contribution in [2.24, 2.45) is 0 Å². The van der Waals surface area contributed by atoms with Crippen LogP contribution in [-0.4, -0.2) is 54.8 Å². The first-order valence-electron chi connectivity index (χ1n) is 6.12. The number of ether oxygens (including phenoxy) is 1. The minimum atomic E-state index is -1.25. The number of hydrogen-bond donors (Lipinski definition) is 5. The number of aromatic amines is 1. The molecular formula is C11H13IN4O5. The average molecular weight is 408 g/mol. The van der Waals surface area contributed by atoms with Crippen molar-refractivity contribution in [3.63, 3.8) is 0 Å². The number of aliphatic hydroxyl groups excluding tert-OH is 3. The monoisotopic (exact) mass is 408 g/mol. The summed E-state index contributed by atoms with van der Waals surface area (Å²) in [5.74, 6) is -0.0602. The molecule has 114 valence electrons. The standard InChI is InChI=1S/C11H13IN4O5/c12-3-1-16(8-5(3)9(20)15-11(13)14-8)10-7(19)6(18)4(2-17)21-10/h1,4,6-7,10,17-19H,2H2,(H3,13,14,15,20)/t4-,6-,7-,10-/m1/s1. The van der Waals surface area contributed by atoms with Crippen LogP contribution in [0.3, 0.4) is 0 Å². The first kappa shape index (κ1) is 14.7. The van der Waals surface area contributed by atoms with E-state index in [1.54, 1.807) is 6.20 Å². The van der Waals surface area contributed by atoms with Crippen molar-refractivity contribution in [3.8, 4) is 0 Å². The van der Waals surface area contributed by atoms with E-state index in [1.165, 1.54) is 4.57 Å². The smallest absolute Gasteiger partial charge is 0.262 e. The lowest BCUT2D eigenvalue weighted by molar-refractivity contribution is -0.0509. The Morgan fingerprint density at radius 1 is 1.48 bits per heavy atom. The molecule has 0 amide bonds. The Morgan fingerprint density at radius 3 is 2.81 bits per heavy atom.